The Bertz CT molecular complexity index is 185. The third-order valence-electron chi connectivity index (χ3n) is 4.36. The molecule has 0 aromatic heterocycles. The zero-order valence-electron chi connectivity index (χ0n) is 9.30. The summed E-state index contributed by atoms with van der Waals surface area (Å²) in [6.07, 6.45) is 7.69. The number of hydrogen-bond acceptors (Lipinski definition) is 2. The van der Waals surface area contributed by atoms with E-state index in [9.17, 15) is 0 Å². The summed E-state index contributed by atoms with van der Waals surface area (Å²) in [6.45, 7) is 4.13. The van der Waals surface area contributed by atoms with E-state index in [-0.39, 0.29) is 5.54 Å². The van der Waals surface area contributed by atoms with Gasteiger partial charge in [0, 0.05) is 18.1 Å². The minimum absolute atomic E-state index is 0.101. The quantitative estimate of drug-likeness (QED) is 0.737. The summed E-state index contributed by atoms with van der Waals surface area (Å²) in [7, 11) is 0. The maximum Gasteiger partial charge on any atom is 0.0512 e. The van der Waals surface area contributed by atoms with Crippen molar-refractivity contribution in [1.82, 2.24) is 0 Å². The second kappa shape index (κ2) is 4.19. The second-order valence-corrected chi connectivity index (χ2v) is 5.02. The molecule has 2 fully saturated rings. The predicted molar refractivity (Wildman–Crippen MR) is 58.1 cm³/mol. The van der Waals surface area contributed by atoms with Gasteiger partial charge in [-0.1, -0.05) is 26.2 Å². The van der Waals surface area contributed by atoms with Crippen LogP contribution in [0.25, 0.3) is 0 Å². The summed E-state index contributed by atoms with van der Waals surface area (Å²) in [4.78, 5) is 0. The van der Waals surface area contributed by atoms with Gasteiger partial charge in [-0.3, -0.25) is 0 Å². The molecule has 82 valence electrons. The van der Waals surface area contributed by atoms with Gasteiger partial charge in [-0.25, -0.2) is 0 Å². The molecule has 1 aliphatic heterocycles. The third kappa shape index (κ3) is 1.70. The molecule has 0 bridgehead atoms. The maximum absolute atomic E-state index is 6.64. The van der Waals surface area contributed by atoms with Crippen molar-refractivity contribution in [2.24, 2.45) is 17.6 Å². The fraction of sp³-hybridized carbons (Fsp3) is 1.00. The molecule has 2 nitrogen and oxygen atoms in total. The van der Waals surface area contributed by atoms with E-state index < -0.39 is 0 Å². The van der Waals surface area contributed by atoms with Crippen LogP contribution in [-0.4, -0.2) is 18.8 Å². The van der Waals surface area contributed by atoms with Crippen LogP contribution in [0.4, 0.5) is 0 Å². The Morgan fingerprint density at radius 1 is 1.36 bits per heavy atom. The van der Waals surface area contributed by atoms with Gasteiger partial charge >= 0.3 is 0 Å². The standard InChI is InChI=1S/C12H23NO/c1-2-10-5-3-4-7-12(10,13)11-6-8-14-9-11/h10-11H,2-9,13H2,1H3. The molecule has 0 spiro atoms. The summed E-state index contributed by atoms with van der Waals surface area (Å²) in [5.74, 6) is 1.37. The molecule has 2 N–H and O–H groups in total. The van der Waals surface area contributed by atoms with Crippen LogP contribution >= 0.6 is 0 Å². The van der Waals surface area contributed by atoms with Crippen LogP contribution in [0.15, 0.2) is 0 Å². The minimum Gasteiger partial charge on any atom is -0.381 e. The average Bonchev–Trinajstić information content (AvgIpc) is 2.72. The molecule has 0 aromatic rings. The largest absolute Gasteiger partial charge is 0.381 e. The molecule has 14 heavy (non-hydrogen) atoms. The van der Waals surface area contributed by atoms with Gasteiger partial charge in [0.25, 0.3) is 0 Å². The Morgan fingerprint density at radius 3 is 2.86 bits per heavy atom. The number of nitrogens with two attached hydrogens (primary N) is 1. The van der Waals surface area contributed by atoms with Crippen LogP contribution in [-0.2, 0) is 4.74 Å². The van der Waals surface area contributed by atoms with Gasteiger partial charge in [-0.15, -0.1) is 0 Å². The van der Waals surface area contributed by atoms with E-state index in [1.807, 2.05) is 0 Å². The highest BCUT2D eigenvalue weighted by Crippen LogP contribution is 2.41. The second-order valence-electron chi connectivity index (χ2n) is 5.02. The summed E-state index contributed by atoms with van der Waals surface area (Å²) in [5, 5.41) is 0. The van der Waals surface area contributed by atoms with Gasteiger partial charge in [-0.05, 0) is 25.2 Å². The van der Waals surface area contributed by atoms with Gasteiger partial charge in [0.05, 0.1) is 6.61 Å². The van der Waals surface area contributed by atoms with Crippen molar-refractivity contribution in [3.8, 4) is 0 Å². The van der Waals surface area contributed by atoms with Crippen molar-refractivity contribution >= 4 is 0 Å². The molecule has 1 heterocycles. The molecule has 3 unspecified atom stereocenters. The number of ether oxygens (including phenoxy) is 1. The van der Waals surface area contributed by atoms with Crippen molar-refractivity contribution in [3.63, 3.8) is 0 Å². The molecular formula is C12H23NO. The molecule has 2 rings (SSSR count). The summed E-state index contributed by atoms with van der Waals surface area (Å²) < 4.78 is 5.49. The Kier molecular flexibility index (Phi) is 3.13. The molecule has 2 heteroatoms. The van der Waals surface area contributed by atoms with E-state index in [0.29, 0.717) is 5.92 Å². The maximum atomic E-state index is 6.64. The zero-order chi connectivity index (χ0) is 10.0. The highest BCUT2D eigenvalue weighted by Gasteiger charge is 2.43. The van der Waals surface area contributed by atoms with Crippen LogP contribution in [0.3, 0.4) is 0 Å². The smallest absolute Gasteiger partial charge is 0.0512 e. The first-order valence-electron chi connectivity index (χ1n) is 6.14. The van der Waals surface area contributed by atoms with E-state index in [4.69, 9.17) is 10.5 Å². The fourth-order valence-electron chi connectivity index (χ4n) is 3.37. The molecule has 0 radical (unpaired) electrons. The number of rotatable bonds is 2. The number of hydrogen-bond donors (Lipinski definition) is 1. The van der Waals surface area contributed by atoms with Crippen molar-refractivity contribution in [3.05, 3.63) is 0 Å². The van der Waals surface area contributed by atoms with Crippen LogP contribution in [0, 0.1) is 11.8 Å². The molecule has 1 saturated carbocycles. The molecule has 2 aliphatic rings. The molecule has 0 amide bonds. The van der Waals surface area contributed by atoms with E-state index >= 15 is 0 Å². The zero-order valence-corrected chi connectivity index (χ0v) is 9.30. The lowest BCUT2D eigenvalue weighted by Crippen LogP contribution is -2.55. The van der Waals surface area contributed by atoms with E-state index in [1.54, 1.807) is 0 Å². The third-order valence-corrected chi connectivity index (χ3v) is 4.36. The van der Waals surface area contributed by atoms with Gasteiger partial charge in [0.1, 0.15) is 0 Å². The van der Waals surface area contributed by atoms with Crippen molar-refractivity contribution in [1.29, 1.82) is 0 Å². The van der Waals surface area contributed by atoms with Gasteiger partial charge in [0.2, 0.25) is 0 Å². The molecule has 1 aliphatic carbocycles. The Morgan fingerprint density at radius 2 is 2.21 bits per heavy atom. The normalized spacial score (nSPS) is 44.1. The van der Waals surface area contributed by atoms with E-state index in [1.165, 1.54) is 38.5 Å². The average molecular weight is 197 g/mol. The molecular weight excluding hydrogens is 174 g/mol. The van der Waals surface area contributed by atoms with E-state index in [0.717, 1.165) is 19.1 Å². The first kappa shape index (κ1) is 10.4. The van der Waals surface area contributed by atoms with E-state index in [2.05, 4.69) is 6.92 Å². The first-order valence-corrected chi connectivity index (χ1v) is 6.14. The van der Waals surface area contributed by atoms with Gasteiger partial charge in [-0.2, -0.15) is 0 Å². The van der Waals surface area contributed by atoms with Crippen LogP contribution in [0.5, 0.6) is 0 Å². The first-order chi connectivity index (χ1) is 6.77. The predicted octanol–water partition coefficient (Wildman–Crippen LogP) is 2.32. The molecule has 0 aromatic carbocycles. The van der Waals surface area contributed by atoms with Gasteiger partial charge in [0.15, 0.2) is 0 Å². The minimum atomic E-state index is 0.101. The van der Waals surface area contributed by atoms with Crippen LogP contribution in [0.1, 0.15) is 45.4 Å². The Labute approximate surface area is 87.2 Å². The van der Waals surface area contributed by atoms with Crippen LogP contribution < -0.4 is 5.73 Å². The monoisotopic (exact) mass is 197 g/mol. The summed E-state index contributed by atoms with van der Waals surface area (Å²) in [6, 6.07) is 0. The lowest BCUT2D eigenvalue weighted by molar-refractivity contribution is 0.0937. The lowest BCUT2D eigenvalue weighted by atomic mass is 9.65. The Balaban J connectivity index is 2.08. The topological polar surface area (TPSA) is 35.2 Å². The van der Waals surface area contributed by atoms with Crippen molar-refractivity contribution in [2.45, 2.75) is 51.0 Å². The van der Waals surface area contributed by atoms with Crippen molar-refractivity contribution < 1.29 is 4.74 Å². The van der Waals surface area contributed by atoms with Crippen LogP contribution in [0.2, 0.25) is 0 Å². The lowest BCUT2D eigenvalue weighted by Gasteiger charge is -2.45. The van der Waals surface area contributed by atoms with Crippen molar-refractivity contribution in [2.75, 3.05) is 13.2 Å². The Hall–Kier alpha value is -0.0800. The summed E-state index contributed by atoms with van der Waals surface area (Å²) in [5.41, 5.74) is 6.74. The highest BCUT2D eigenvalue weighted by atomic mass is 16.5. The fourth-order valence-corrected chi connectivity index (χ4v) is 3.37. The molecule has 3 atom stereocenters. The van der Waals surface area contributed by atoms with Gasteiger partial charge < -0.3 is 10.5 Å². The molecule has 1 saturated heterocycles. The summed E-state index contributed by atoms with van der Waals surface area (Å²) >= 11 is 0. The highest BCUT2D eigenvalue weighted by molar-refractivity contribution is 4.99. The SMILES string of the molecule is CCC1CCCCC1(N)C1CCOC1.